The van der Waals surface area contributed by atoms with Gasteiger partial charge in [-0.05, 0) is 223 Å². The number of rotatable bonds is 10. The summed E-state index contributed by atoms with van der Waals surface area (Å²) < 4.78 is 0. The monoisotopic (exact) mass is 1440 g/mol. The van der Waals surface area contributed by atoms with E-state index in [9.17, 15) is 0 Å². The molecule has 4 aliphatic rings. The first-order chi connectivity index (χ1) is 55.1. The molecule has 0 unspecified atom stereocenters. The molecule has 0 aliphatic carbocycles. The van der Waals surface area contributed by atoms with Crippen molar-refractivity contribution in [3.63, 3.8) is 0 Å². The van der Waals surface area contributed by atoms with Crippen molar-refractivity contribution >= 4 is 192 Å². The van der Waals surface area contributed by atoms with Gasteiger partial charge in [-0.3, -0.25) is 0 Å². The van der Waals surface area contributed by atoms with Gasteiger partial charge in [-0.2, -0.15) is 0 Å². The highest BCUT2D eigenvalue weighted by Crippen LogP contribution is 2.50. The van der Waals surface area contributed by atoms with Crippen LogP contribution in [0, 0.1) is 0 Å². The van der Waals surface area contributed by atoms with Crippen molar-refractivity contribution < 1.29 is 0 Å². The fourth-order valence-corrected chi connectivity index (χ4v) is 17.7. The van der Waals surface area contributed by atoms with E-state index in [1.54, 1.807) is 0 Å². The summed E-state index contributed by atoms with van der Waals surface area (Å²) in [7, 11) is 0. The second-order valence-electron chi connectivity index (χ2n) is 28.4. The average Bonchev–Trinajstić information content (AvgIpc) is 0.702. The summed E-state index contributed by atoms with van der Waals surface area (Å²) >= 11 is 7.33. The lowest BCUT2D eigenvalue weighted by molar-refractivity contribution is 1.25. The summed E-state index contributed by atoms with van der Waals surface area (Å²) in [5.74, 6) is 0. The van der Waals surface area contributed by atoms with Crippen LogP contribution in [0.4, 0.5) is 102 Å². The van der Waals surface area contributed by atoms with Crippen molar-refractivity contribution in [3.8, 4) is 0 Å². The molecule has 0 saturated carbocycles. The molecule has 522 valence electrons. The second kappa shape index (κ2) is 28.6. The third-order valence-electron chi connectivity index (χ3n) is 22.1. The van der Waals surface area contributed by atoms with E-state index in [0.717, 1.165) is 34.1 Å². The molecular formula is C102H71B2ClN6. The van der Waals surface area contributed by atoms with Crippen LogP contribution in [0.5, 0.6) is 0 Å². The van der Waals surface area contributed by atoms with Crippen molar-refractivity contribution in [1.82, 2.24) is 0 Å². The smallest absolute Gasteiger partial charge is 0.252 e. The average molecular weight is 1440 g/mol. The fraction of sp³-hybridized carbons (Fsp3) is 0. The van der Waals surface area contributed by atoms with Crippen LogP contribution in [-0.2, 0) is 0 Å². The summed E-state index contributed by atoms with van der Waals surface area (Å²) in [5, 5.41) is 8.16. The SMILES string of the molecule is Clc1c(N(c2ccccc2)c2ccccc2)cccc1N(c1ccccc1)c1ccc2ccccc2c1.c1ccc(N2c3ccccc3B3c4c2cccc4N(c2ccccc2)c2ccc4ccccc4c23)cc1.c1ccc(N2c3ccccc3B3c4ccccc4N(c4ccc5ccccc5c4)c4cccc2c43)cc1. The number of halogens is 1. The van der Waals surface area contributed by atoms with E-state index < -0.39 is 0 Å². The Morgan fingerprint density at radius 2 is 0.514 bits per heavy atom. The van der Waals surface area contributed by atoms with Crippen molar-refractivity contribution in [3.05, 3.63) is 436 Å². The summed E-state index contributed by atoms with van der Waals surface area (Å²) in [4.78, 5) is 14.2. The van der Waals surface area contributed by atoms with Gasteiger partial charge in [0, 0.05) is 91.0 Å². The first-order valence-electron chi connectivity index (χ1n) is 38.0. The summed E-state index contributed by atoms with van der Waals surface area (Å²) in [6.07, 6.45) is 0. The minimum atomic E-state index is 0.142. The first-order valence-corrected chi connectivity index (χ1v) is 38.4. The highest BCUT2D eigenvalue weighted by molar-refractivity contribution is 7.02. The Morgan fingerprint density at radius 3 is 0.991 bits per heavy atom. The zero-order valence-electron chi connectivity index (χ0n) is 60.7. The number of para-hydroxylation sites is 9. The molecule has 0 N–H and O–H groups in total. The van der Waals surface area contributed by atoms with Crippen LogP contribution in [0.3, 0.4) is 0 Å². The minimum Gasteiger partial charge on any atom is -0.311 e. The maximum absolute atomic E-state index is 7.33. The molecule has 0 amide bonds. The van der Waals surface area contributed by atoms with Crippen LogP contribution in [0.15, 0.2) is 431 Å². The quantitative estimate of drug-likeness (QED) is 0.126. The van der Waals surface area contributed by atoms with Gasteiger partial charge in [0.1, 0.15) is 0 Å². The topological polar surface area (TPSA) is 19.4 Å². The molecule has 111 heavy (non-hydrogen) atoms. The van der Waals surface area contributed by atoms with Gasteiger partial charge in [0.25, 0.3) is 13.4 Å². The van der Waals surface area contributed by atoms with Gasteiger partial charge in [0.2, 0.25) is 0 Å². The van der Waals surface area contributed by atoms with Crippen molar-refractivity contribution in [2.24, 2.45) is 0 Å². The molecule has 0 radical (unpaired) electrons. The summed E-state index contributed by atoms with van der Waals surface area (Å²) in [6, 6.07) is 154. The Labute approximate surface area is 653 Å². The van der Waals surface area contributed by atoms with Gasteiger partial charge >= 0.3 is 0 Å². The van der Waals surface area contributed by atoms with E-state index in [-0.39, 0.29) is 13.4 Å². The highest BCUT2D eigenvalue weighted by atomic mass is 35.5. The lowest BCUT2D eigenvalue weighted by Gasteiger charge is -2.44. The number of anilines is 18. The van der Waals surface area contributed by atoms with E-state index >= 15 is 0 Å². The van der Waals surface area contributed by atoms with E-state index in [4.69, 9.17) is 11.6 Å². The molecular weight excluding hydrogens is 1370 g/mol. The van der Waals surface area contributed by atoms with Gasteiger partial charge < -0.3 is 29.4 Å². The van der Waals surface area contributed by atoms with Crippen molar-refractivity contribution in [2.45, 2.75) is 0 Å². The molecule has 18 aromatic rings. The number of benzene rings is 18. The molecule has 9 heteroatoms. The molecule has 0 aromatic heterocycles. The molecule has 6 nitrogen and oxygen atoms in total. The molecule has 0 spiro atoms. The Bertz CT molecular complexity index is 6420. The molecule has 0 bridgehead atoms. The molecule has 22 rings (SSSR count). The number of nitrogens with zero attached hydrogens (tertiary/aromatic N) is 6. The van der Waals surface area contributed by atoms with E-state index in [1.807, 2.05) is 42.5 Å². The van der Waals surface area contributed by atoms with Crippen LogP contribution < -0.4 is 62.2 Å². The molecule has 0 atom stereocenters. The van der Waals surface area contributed by atoms with Crippen molar-refractivity contribution in [2.75, 3.05) is 29.4 Å². The van der Waals surface area contributed by atoms with Crippen LogP contribution >= 0.6 is 11.6 Å². The van der Waals surface area contributed by atoms with Crippen LogP contribution in [0.1, 0.15) is 0 Å². The molecule has 18 aromatic carbocycles. The molecule has 0 saturated heterocycles. The van der Waals surface area contributed by atoms with E-state index in [2.05, 4.69) is 418 Å². The summed E-state index contributed by atoms with van der Waals surface area (Å²) in [6.45, 7) is 0.318. The Morgan fingerprint density at radius 1 is 0.198 bits per heavy atom. The lowest BCUT2D eigenvalue weighted by Crippen LogP contribution is -2.61. The standard InChI is InChI=1S/2C34H23BN2.C34H25ClN2/c1-3-13-25(14-4-1)36-29-19-10-9-18-28(29)35-33-27-17-8-7-12-24(27)22-23-32(33)37(26-15-5-2-6-16-26)31-21-11-20-30(36)34(31)35;1-2-13-26(14-3-1)36-30-17-8-6-15-28(30)35-29-16-7-9-18-31(29)37(33-20-10-19-32(36)34(33)35)27-22-21-24-11-4-5-12-25(24)23-27;35-34-32(36(28-15-4-1-5-16-28)29-17-6-2-7-18-29)21-12-22-33(34)37(30-19-8-3-9-20-30)31-24-23-26-13-10-11-14-27(26)25-31/h2*1-23H;1-25H. The highest BCUT2D eigenvalue weighted by Gasteiger charge is 2.45. The number of fused-ring (bicyclic) bond motifs is 12. The fourth-order valence-electron chi connectivity index (χ4n) is 17.4. The second-order valence-corrected chi connectivity index (χ2v) is 28.8. The minimum absolute atomic E-state index is 0.142. The lowest BCUT2D eigenvalue weighted by atomic mass is 9.33. The zero-order chi connectivity index (χ0) is 73.7. The normalized spacial score (nSPS) is 12.4. The third-order valence-corrected chi connectivity index (χ3v) is 22.5. The van der Waals surface area contributed by atoms with Gasteiger partial charge in [0.05, 0.1) is 16.4 Å². The van der Waals surface area contributed by atoms with Crippen LogP contribution in [-0.4, -0.2) is 13.4 Å². The number of hydrogen-bond donors (Lipinski definition) is 0. The maximum Gasteiger partial charge on any atom is 0.252 e. The predicted octanol–water partition coefficient (Wildman–Crippen LogP) is 24.3. The number of hydrogen-bond acceptors (Lipinski definition) is 6. The van der Waals surface area contributed by atoms with E-state index in [1.165, 1.54) is 133 Å². The van der Waals surface area contributed by atoms with Gasteiger partial charge in [0.15, 0.2) is 0 Å². The Hall–Kier alpha value is -14.0. The van der Waals surface area contributed by atoms with E-state index in [0.29, 0.717) is 5.02 Å². The molecule has 0 fully saturated rings. The zero-order valence-corrected chi connectivity index (χ0v) is 61.5. The van der Waals surface area contributed by atoms with Gasteiger partial charge in [-0.15, -0.1) is 0 Å². The van der Waals surface area contributed by atoms with Gasteiger partial charge in [-0.25, -0.2) is 0 Å². The largest absolute Gasteiger partial charge is 0.311 e. The molecule has 4 aliphatic heterocycles. The van der Waals surface area contributed by atoms with Gasteiger partial charge in [-0.1, -0.05) is 285 Å². The Balaban J connectivity index is 0.000000109. The van der Waals surface area contributed by atoms with Crippen LogP contribution in [0.2, 0.25) is 5.02 Å². The maximum atomic E-state index is 7.33. The third kappa shape index (κ3) is 11.7. The predicted molar refractivity (Wildman–Crippen MR) is 474 cm³/mol. The molecule has 4 heterocycles. The summed E-state index contributed by atoms with van der Waals surface area (Å²) in [5.41, 5.74) is 28.8. The van der Waals surface area contributed by atoms with Crippen LogP contribution in [0.25, 0.3) is 32.3 Å². The first kappa shape index (κ1) is 66.4. The Kier molecular flexibility index (Phi) is 17.1. The van der Waals surface area contributed by atoms with Crippen molar-refractivity contribution in [1.29, 1.82) is 0 Å².